The molecule has 0 amide bonds. The van der Waals surface area contributed by atoms with Crippen molar-refractivity contribution < 1.29 is 4.74 Å². The first kappa shape index (κ1) is 14.2. The zero-order chi connectivity index (χ0) is 11.1. The summed E-state index contributed by atoms with van der Waals surface area (Å²) in [5.41, 5.74) is 0. The molecule has 0 aliphatic heterocycles. The minimum absolute atomic E-state index is 0.794. The van der Waals surface area contributed by atoms with Crippen molar-refractivity contribution >= 4 is 17.2 Å². The van der Waals surface area contributed by atoms with Gasteiger partial charge in [0.05, 0.1) is 0 Å². The summed E-state index contributed by atoms with van der Waals surface area (Å²) in [6, 6.07) is 0. The van der Waals surface area contributed by atoms with Crippen molar-refractivity contribution in [3.63, 3.8) is 0 Å². The van der Waals surface area contributed by atoms with Crippen molar-refractivity contribution in [3.05, 3.63) is 0 Å². The first-order valence-corrected chi connectivity index (χ1v) is 9.59. The molecule has 2 nitrogen and oxygen atoms in total. The van der Waals surface area contributed by atoms with Crippen molar-refractivity contribution in [2.45, 2.75) is 20.8 Å². The average molecular weight is 235 g/mol. The number of rotatable bonds is 7. The van der Waals surface area contributed by atoms with Crippen LogP contribution >= 0.6 is 17.2 Å². The summed E-state index contributed by atoms with van der Waals surface area (Å²) < 4.78 is 5.18. The molecule has 0 radical (unpaired) electrons. The van der Waals surface area contributed by atoms with Crippen LogP contribution in [0.2, 0.25) is 0 Å². The van der Waals surface area contributed by atoms with E-state index in [1.54, 1.807) is 18.5 Å². The number of hydrogen-bond acceptors (Lipinski definition) is 3. The molecule has 0 atom stereocenters. The zero-order valence-corrected chi connectivity index (χ0v) is 11.5. The van der Waals surface area contributed by atoms with Gasteiger partial charge in [0.1, 0.15) is 0 Å². The van der Waals surface area contributed by atoms with Gasteiger partial charge in [-0.1, -0.05) is 0 Å². The van der Waals surface area contributed by atoms with E-state index >= 15 is 0 Å². The van der Waals surface area contributed by atoms with E-state index in [9.17, 15) is 0 Å². The Bertz CT molecular complexity index is 200. The quantitative estimate of drug-likeness (QED) is 0.501. The van der Waals surface area contributed by atoms with Crippen molar-refractivity contribution in [2.24, 2.45) is 0 Å². The second-order valence-corrected chi connectivity index (χ2v) is 13.8. The van der Waals surface area contributed by atoms with E-state index in [1.165, 1.54) is 0 Å². The van der Waals surface area contributed by atoms with Gasteiger partial charge in [-0.25, -0.2) is 0 Å². The number of nitriles is 1. The van der Waals surface area contributed by atoms with Gasteiger partial charge in [0.2, 0.25) is 0 Å². The Balaban J connectivity index is 4.84. The topological polar surface area (TPSA) is 33.0 Å². The Morgan fingerprint density at radius 2 is 1.71 bits per heavy atom. The van der Waals surface area contributed by atoms with Crippen LogP contribution in [0.25, 0.3) is 0 Å². The van der Waals surface area contributed by atoms with Gasteiger partial charge in [-0.05, 0) is 0 Å². The van der Waals surface area contributed by atoms with E-state index in [0.717, 1.165) is 31.3 Å². The van der Waals surface area contributed by atoms with Crippen LogP contribution in [0.15, 0.2) is 0 Å². The fourth-order valence-electron chi connectivity index (χ4n) is 1.82. The van der Waals surface area contributed by atoms with Crippen LogP contribution in [0.1, 0.15) is 20.8 Å². The maximum atomic E-state index is 8.96. The van der Waals surface area contributed by atoms with Crippen LogP contribution < -0.4 is 0 Å². The van der Waals surface area contributed by atoms with Crippen LogP contribution in [0, 0.1) is 10.7 Å². The normalized spacial score (nSPS) is 14.4. The molecule has 0 heterocycles. The second-order valence-electron chi connectivity index (χ2n) is 3.71. The Morgan fingerprint density at radius 3 is 2.00 bits per heavy atom. The third-order valence-electron chi connectivity index (χ3n) is 3.56. The maximum absolute atomic E-state index is 8.96. The van der Waals surface area contributed by atoms with Crippen LogP contribution in [0.3, 0.4) is 0 Å². The predicted octanol–water partition coefficient (Wildman–Crippen LogP) is 3.38. The predicted molar refractivity (Wildman–Crippen MR) is 68.5 cm³/mol. The fourth-order valence-corrected chi connectivity index (χ4v) is 7.82. The third kappa shape index (κ3) is 2.86. The van der Waals surface area contributed by atoms with Gasteiger partial charge >= 0.3 is 91.7 Å². The van der Waals surface area contributed by atoms with E-state index < -0.39 is 5.81 Å². The van der Waals surface area contributed by atoms with Gasteiger partial charge in [0, 0.05) is 0 Å². The van der Waals surface area contributed by atoms with Gasteiger partial charge in [0.25, 0.3) is 0 Å². The van der Waals surface area contributed by atoms with Gasteiger partial charge in [-0.3, -0.25) is 0 Å². The molecular weight excluding hydrogens is 213 g/mol. The fraction of sp³-hybridized carbons (Fsp3) is 0.900. The summed E-state index contributed by atoms with van der Waals surface area (Å²) in [6.07, 6.45) is 4.55. The molecule has 0 bridgehead atoms. The van der Waals surface area contributed by atoms with Crippen molar-refractivity contribution in [1.29, 1.82) is 5.26 Å². The summed E-state index contributed by atoms with van der Waals surface area (Å²) in [7, 11) is 1.74. The van der Waals surface area contributed by atoms with Crippen LogP contribution in [-0.4, -0.2) is 38.4 Å². The van der Waals surface area contributed by atoms with E-state index in [4.69, 9.17) is 10.00 Å². The van der Waals surface area contributed by atoms with Crippen molar-refractivity contribution in [2.75, 3.05) is 38.4 Å². The molecule has 0 rings (SSSR count). The molecule has 0 saturated heterocycles. The van der Waals surface area contributed by atoms with E-state index in [0.29, 0.717) is 0 Å². The zero-order valence-electron chi connectivity index (χ0n) is 9.75. The molecule has 0 aliphatic carbocycles. The molecule has 0 aliphatic rings. The Kier molecular flexibility index (Phi) is 6.05. The van der Waals surface area contributed by atoms with Gasteiger partial charge in [0.15, 0.2) is 0 Å². The molecular formula is C10H22NOPS. The molecule has 0 aromatic heterocycles. The third-order valence-corrected chi connectivity index (χ3v) is 14.9. The van der Waals surface area contributed by atoms with Crippen LogP contribution in [0.5, 0.6) is 0 Å². The number of methoxy groups -OCH3 is 1. The Hall–Kier alpha value is 0.230. The summed E-state index contributed by atoms with van der Waals surface area (Å²) in [5.74, 6) is -1.83. The SMILES string of the molecule is CCP(CC)(CC)(CCOC)SC#N. The number of nitrogens with zero attached hydrogens (tertiary/aromatic N) is 1. The molecule has 0 aromatic carbocycles. The summed E-state index contributed by atoms with van der Waals surface area (Å²) in [6.45, 7) is 7.47. The molecule has 4 heteroatoms. The van der Waals surface area contributed by atoms with E-state index in [2.05, 4.69) is 26.2 Å². The monoisotopic (exact) mass is 235 g/mol. The molecule has 0 saturated carbocycles. The average Bonchev–Trinajstić information content (AvgIpc) is 2.25. The van der Waals surface area contributed by atoms with Crippen LogP contribution in [0.4, 0.5) is 0 Å². The van der Waals surface area contributed by atoms with Gasteiger partial charge < -0.3 is 0 Å². The number of hydrogen-bond donors (Lipinski definition) is 0. The van der Waals surface area contributed by atoms with Crippen molar-refractivity contribution in [3.8, 4) is 5.40 Å². The molecule has 0 aromatic rings. The first-order chi connectivity index (χ1) is 6.62. The molecule has 0 N–H and O–H groups in total. The van der Waals surface area contributed by atoms with Crippen LogP contribution in [-0.2, 0) is 4.74 Å². The van der Waals surface area contributed by atoms with Gasteiger partial charge in [-0.2, -0.15) is 0 Å². The number of thiocyanates is 1. The Morgan fingerprint density at radius 1 is 1.21 bits per heavy atom. The number of ether oxygens (including phenoxy) is 1. The molecule has 0 fully saturated rings. The molecule has 14 heavy (non-hydrogen) atoms. The van der Waals surface area contributed by atoms with Crippen molar-refractivity contribution in [1.82, 2.24) is 0 Å². The van der Waals surface area contributed by atoms with Gasteiger partial charge in [-0.15, -0.1) is 0 Å². The molecule has 0 spiro atoms. The second kappa shape index (κ2) is 5.95. The summed E-state index contributed by atoms with van der Waals surface area (Å²) in [5, 5.41) is 11.3. The minimum atomic E-state index is -1.83. The summed E-state index contributed by atoms with van der Waals surface area (Å²) >= 11 is 1.57. The Labute approximate surface area is 92.1 Å². The van der Waals surface area contributed by atoms with E-state index in [1.807, 2.05) is 0 Å². The van der Waals surface area contributed by atoms with E-state index in [-0.39, 0.29) is 0 Å². The molecule has 0 unspecified atom stereocenters. The first-order valence-electron chi connectivity index (χ1n) is 5.19. The summed E-state index contributed by atoms with van der Waals surface area (Å²) in [4.78, 5) is 0. The molecule has 84 valence electrons. The standard InChI is InChI=1S/C10H22NOPS/c1-5-13(6-2,7-3,14-10-11)9-8-12-4/h5-9H2,1-4H3.